The van der Waals surface area contributed by atoms with Gasteiger partial charge in [0.2, 0.25) is 0 Å². The number of nitrogens with zero attached hydrogens (tertiary/aromatic N) is 2. The number of carbonyl (C=O) groups is 1. The number of aromatic nitrogens is 1. The van der Waals surface area contributed by atoms with E-state index in [4.69, 9.17) is 37.4 Å². The summed E-state index contributed by atoms with van der Waals surface area (Å²) in [6.07, 6.45) is -3.51. The molecule has 5 rings (SSSR count). The average Bonchev–Trinajstić information content (AvgIpc) is 3.30. The fraction of sp³-hybridized carbons (Fsp3) is 0.194. The maximum absolute atomic E-state index is 14.3. The molecule has 7 nitrogen and oxygen atoms in total. The Morgan fingerprint density at radius 3 is 2.33 bits per heavy atom. The van der Waals surface area contributed by atoms with Gasteiger partial charge >= 0.3 is 12.1 Å². The molecule has 0 saturated carbocycles. The van der Waals surface area contributed by atoms with Gasteiger partial charge in [0, 0.05) is 10.0 Å². The van der Waals surface area contributed by atoms with E-state index >= 15 is 0 Å². The molecule has 0 N–H and O–H groups in total. The number of esters is 1. The van der Waals surface area contributed by atoms with Crippen LogP contribution in [0.2, 0.25) is 10.0 Å². The summed E-state index contributed by atoms with van der Waals surface area (Å²) in [5.74, 6) is -0.478. The fourth-order valence-corrected chi connectivity index (χ4v) is 6.48. The van der Waals surface area contributed by atoms with E-state index in [1.807, 2.05) is 12.1 Å². The Morgan fingerprint density at radius 2 is 1.73 bits per heavy atom. The molecule has 0 amide bonds. The third kappa shape index (κ3) is 6.99. The minimum Gasteiger partial charge on any atom is -0.493 e. The molecule has 0 unspecified atom stereocenters. The van der Waals surface area contributed by atoms with Crippen molar-refractivity contribution in [2.24, 2.45) is 4.99 Å². The number of hydrogen-bond acceptors (Lipinski definition) is 7. The SMILES string of the molecule is CCOC(=O)C1=C(C(F)(F)F)N=c2s/c(=C\c3cc(Br)c(OCc4ccc(Cl)cc4)c(OC)c3)c(=O)n2[C@H]1c1ccc(Cl)cc1. The Morgan fingerprint density at radius 1 is 1.09 bits per heavy atom. The molecule has 4 aromatic rings. The van der Waals surface area contributed by atoms with Crippen molar-refractivity contribution >= 4 is 62.5 Å². The van der Waals surface area contributed by atoms with Gasteiger partial charge in [0.15, 0.2) is 22.0 Å². The summed E-state index contributed by atoms with van der Waals surface area (Å²) in [6.45, 7) is 1.51. The van der Waals surface area contributed by atoms with Gasteiger partial charge in [0.25, 0.3) is 5.56 Å². The summed E-state index contributed by atoms with van der Waals surface area (Å²) in [4.78, 5) is 30.4. The molecule has 0 saturated heterocycles. The van der Waals surface area contributed by atoms with E-state index in [1.54, 1.807) is 24.3 Å². The molecule has 3 aromatic carbocycles. The first kappa shape index (κ1) is 32.8. The molecular formula is C31H22BrCl2F3N2O5S. The number of carbonyl (C=O) groups excluding carboxylic acids is 1. The normalized spacial score (nSPS) is 15.0. The van der Waals surface area contributed by atoms with E-state index in [0.717, 1.165) is 21.5 Å². The first-order valence-electron chi connectivity index (χ1n) is 13.2. The van der Waals surface area contributed by atoms with Crippen molar-refractivity contribution in [3.8, 4) is 11.5 Å². The highest BCUT2D eigenvalue weighted by molar-refractivity contribution is 9.10. The first-order chi connectivity index (χ1) is 21.4. The molecule has 1 aliphatic heterocycles. The van der Waals surface area contributed by atoms with Crippen molar-refractivity contribution in [3.05, 3.63) is 123 Å². The Labute approximate surface area is 276 Å². The van der Waals surface area contributed by atoms with Crippen LogP contribution in [0.1, 0.15) is 29.7 Å². The molecule has 2 heterocycles. The highest BCUT2D eigenvalue weighted by Crippen LogP contribution is 2.39. The smallest absolute Gasteiger partial charge is 0.434 e. The predicted molar refractivity (Wildman–Crippen MR) is 169 cm³/mol. The quantitative estimate of drug-likeness (QED) is 0.182. The first-order valence-corrected chi connectivity index (χ1v) is 15.6. The van der Waals surface area contributed by atoms with Crippen LogP contribution in [-0.2, 0) is 16.1 Å². The Bertz CT molecular complexity index is 1970. The van der Waals surface area contributed by atoms with Crippen LogP contribution in [0.5, 0.6) is 11.5 Å². The number of allylic oxidation sites excluding steroid dienone is 1. The monoisotopic (exact) mass is 740 g/mol. The summed E-state index contributed by atoms with van der Waals surface area (Å²) in [5, 5.41) is 0.919. The number of benzene rings is 3. The van der Waals surface area contributed by atoms with Gasteiger partial charge in [0.05, 0.1) is 34.3 Å². The third-order valence-corrected chi connectivity index (χ3v) is 8.70. The number of fused-ring (bicyclic) bond motifs is 1. The molecule has 234 valence electrons. The lowest BCUT2D eigenvalue weighted by Crippen LogP contribution is -2.41. The second-order valence-corrected chi connectivity index (χ2v) is 12.3. The number of hydrogen-bond donors (Lipinski definition) is 0. The Kier molecular flexibility index (Phi) is 9.78. The van der Waals surface area contributed by atoms with Crippen LogP contribution < -0.4 is 24.4 Å². The summed E-state index contributed by atoms with van der Waals surface area (Å²) in [5.41, 5.74) is -1.29. The van der Waals surface area contributed by atoms with Crippen molar-refractivity contribution in [2.75, 3.05) is 13.7 Å². The fourth-order valence-electron chi connectivity index (χ4n) is 4.65. The van der Waals surface area contributed by atoms with Gasteiger partial charge in [-0.2, -0.15) is 13.2 Å². The summed E-state index contributed by atoms with van der Waals surface area (Å²) >= 11 is 16.2. The maximum atomic E-state index is 14.3. The standard InChI is InChI=1S/C31H22BrCl2F3N2O5S/c1-3-43-29(41)24-25(18-6-10-20(34)11-7-18)39-28(40)23(45-30(39)38-27(24)31(35,36)37)14-17-12-21(32)26(22(13-17)42-2)44-15-16-4-8-19(33)9-5-16/h4-14,25H,3,15H2,1-2H3/b23-14-/t25-/m0/s1. The van der Waals surface area contributed by atoms with Crippen LogP contribution in [0.25, 0.3) is 6.08 Å². The Hall–Kier alpha value is -3.58. The second kappa shape index (κ2) is 13.4. The molecule has 1 aromatic heterocycles. The molecule has 0 spiro atoms. The molecule has 14 heteroatoms. The molecule has 0 bridgehead atoms. The van der Waals surface area contributed by atoms with E-state index in [9.17, 15) is 22.8 Å². The lowest BCUT2D eigenvalue weighted by molar-refractivity contribution is -0.140. The molecule has 1 aliphatic rings. The minimum absolute atomic E-state index is 0.0723. The highest BCUT2D eigenvalue weighted by atomic mass is 79.9. The van der Waals surface area contributed by atoms with E-state index < -0.39 is 35.0 Å². The Balaban J connectivity index is 1.63. The number of rotatable bonds is 8. The van der Waals surface area contributed by atoms with Crippen molar-refractivity contribution in [2.45, 2.75) is 25.7 Å². The molecular weight excluding hydrogens is 720 g/mol. The number of halogens is 6. The number of thiazole rings is 1. The van der Waals surface area contributed by atoms with Gasteiger partial charge < -0.3 is 14.2 Å². The van der Waals surface area contributed by atoms with Crippen LogP contribution in [0, 0.1) is 0 Å². The van der Waals surface area contributed by atoms with E-state index in [0.29, 0.717) is 31.6 Å². The van der Waals surface area contributed by atoms with Gasteiger partial charge in [-0.3, -0.25) is 9.36 Å². The van der Waals surface area contributed by atoms with Crippen molar-refractivity contribution in [1.29, 1.82) is 0 Å². The molecule has 45 heavy (non-hydrogen) atoms. The van der Waals surface area contributed by atoms with Gasteiger partial charge in [-0.15, -0.1) is 0 Å². The van der Waals surface area contributed by atoms with Crippen LogP contribution >= 0.6 is 50.5 Å². The lowest BCUT2D eigenvalue weighted by Gasteiger charge is -2.26. The van der Waals surface area contributed by atoms with Crippen molar-refractivity contribution in [3.63, 3.8) is 0 Å². The summed E-state index contributed by atoms with van der Waals surface area (Å²) in [7, 11) is 1.45. The average molecular weight is 742 g/mol. The number of alkyl halides is 3. The summed E-state index contributed by atoms with van der Waals surface area (Å²) in [6, 6.07) is 14.8. The lowest BCUT2D eigenvalue weighted by atomic mass is 9.95. The van der Waals surface area contributed by atoms with Crippen molar-refractivity contribution < 1.29 is 32.2 Å². The van der Waals surface area contributed by atoms with Gasteiger partial charge in [-0.25, -0.2) is 9.79 Å². The largest absolute Gasteiger partial charge is 0.493 e. The van der Waals surface area contributed by atoms with E-state index in [1.165, 1.54) is 44.4 Å². The van der Waals surface area contributed by atoms with Crippen LogP contribution in [-0.4, -0.2) is 30.4 Å². The maximum Gasteiger partial charge on any atom is 0.434 e. The zero-order valence-corrected chi connectivity index (χ0v) is 27.4. The topological polar surface area (TPSA) is 79.1 Å². The number of methoxy groups -OCH3 is 1. The zero-order chi connectivity index (χ0) is 32.5. The third-order valence-electron chi connectivity index (χ3n) is 6.63. The summed E-state index contributed by atoms with van der Waals surface area (Å²) < 4.78 is 61.2. The number of ether oxygens (including phenoxy) is 3. The second-order valence-electron chi connectivity index (χ2n) is 9.56. The van der Waals surface area contributed by atoms with Crippen molar-refractivity contribution in [1.82, 2.24) is 4.57 Å². The molecule has 1 atom stereocenters. The van der Waals surface area contributed by atoms with Gasteiger partial charge in [-0.1, -0.05) is 58.8 Å². The predicted octanol–water partition coefficient (Wildman–Crippen LogP) is 7.00. The molecule has 0 radical (unpaired) electrons. The van der Waals surface area contributed by atoms with E-state index in [2.05, 4.69) is 20.9 Å². The molecule has 0 fully saturated rings. The molecule has 0 aliphatic carbocycles. The highest BCUT2D eigenvalue weighted by Gasteiger charge is 2.45. The van der Waals surface area contributed by atoms with E-state index in [-0.39, 0.29) is 28.1 Å². The van der Waals surface area contributed by atoms with Gasteiger partial charge in [-0.05, 0) is 82.0 Å². The van der Waals surface area contributed by atoms with Gasteiger partial charge in [0.1, 0.15) is 6.61 Å². The zero-order valence-electron chi connectivity index (χ0n) is 23.5. The van der Waals surface area contributed by atoms with Crippen LogP contribution in [0.4, 0.5) is 13.2 Å². The van der Waals surface area contributed by atoms with Crippen LogP contribution in [0.15, 0.2) is 86.2 Å². The minimum atomic E-state index is -5.01. The van der Waals surface area contributed by atoms with Crippen LogP contribution in [0.3, 0.4) is 0 Å².